The Kier molecular flexibility index (Phi) is 10.7. The first-order valence-electron chi connectivity index (χ1n) is 8.78. The molecular weight excluding hydrogens is 609 g/mol. The van der Waals surface area contributed by atoms with E-state index in [0.717, 1.165) is 48.5 Å². The summed E-state index contributed by atoms with van der Waals surface area (Å²) in [6.45, 7) is -2.58. The number of hydrogen-bond acceptors (Lipinski definition) is 11. The van der Waals surface area contributed by atoms with Crippen molar-refractivity contribution in [2.24, 2.45) is 0 Å². The average molecular weight is 623 g/mol. The molecule has 0 saturated carbocycles. The van der Waals surface area contributed by atoms with E-state index in [4.69, 9.17) is 0 Å². The van der Waals surface area contributed by atoms with Gasteiger partial charge in [-0.2, -0.15) is 43.2 Å². The number of thioether (sulfide) groups is 2. The lowest BCUT2D eigenvalue weighted by molar-refractivity contribution is -0.0338. The van der Waals surface area contributed by atoms with Gasteiger partial charge < -0.3 is 0 Å². The van der Waals surface area contributed by atoms with Gasteiger partial charge in [0.25, 0.3) is 20.2 Å². The van der Waals surface area contributed by atoms with Crippen LogP contribution in [0.3, 0.4) is 0 Å². The van der Waals surface area contributed by atoms with Crippen molar-refractivity contribution in [3.8, 4) is 0 Å². The highest BCUT2D eigenvalue weighted by atomic mass is 32.2. The zero-order valence-corrected chi connectivity index (χ0v) is 21.4. The number of alkyl halides is 6. The van der Waals surface area contributed by atoms with Crippen LogP contribution in [0.4, 0.5) is 26.3 Å². The highest BCUT2D eigenvalue weighted by Gasteiger charge is 2.34. The van der Waals surface area contributed by atoms with Crippen molar-refractivity contribution in [2.75, 3.05) is 13.6 Å². The van der Waals surface area contributed by atoms with Crippen molar-refractivity contribution < 1.29 is 65.2 Å². The van der Waals surface area contributed by atoms with Crippen molar-refractivity contribution in [2.45, 2.75) is 30.6 Å². The molecule has 0 unspecified atom stereocenters. The van der Waals surface area contributed by atoms with Crippen molar-refractivity contribution in [3.05, 3.63) is 48.5 Å². The molecule has 20 heteroatoms. The van der Waals surface area contributed by atoms with Crippen LogP contribution in [0, 0.1) is 0 Å². The van der Waals surface area contributed by atoms with Crippen molar-refractivity contribution in [1.82, 2.24) is 0 Å². The molecule has 2 aromatic rings. The third-order valence-corrected chi connectivity index (χ3v) is 8.63. The second kappa shape index (κ2) is 12.5. The fourth-order valence-corrected chi connectivity index (χ4v) is 6.45. The zero-order chi connectivity index (χ0) is 27.2. The van der Waals surface area contributed by atoms with Crippen LogP contribution in [-0.2, 0) is 42.2 Å². The summed E-state index contributed by atoms with van der Waals surface area (Å²) in [4.78, 5) is -3.09. The summed E-state index contributed by atoms with van der Waals surface area (Å²) in [5.41, 5.74) is -9.60. The lowest BCUT2D eigenvalue weighted by Gasteiger charge is -2.12. The first kappa shape index (κ1) is 30.9. The Morgan fingerprint density at radius 3 is 1.33 bits per heavy atom. The first-order valence-corrected chi connectivity index (χ1v) is 14.5. The quantitative estimate of drug-likeness (QED) is 0.1000. The minimum atomic E-state index is -4.80. The maximum absolute atomic E-state index is 12.6. The van der Waals surface area contributed by atoms with Gasteiger partial charge in [-0.25, -0.2) is 8.37 Å². The molecule has 0 radical (unpaired) electrons. The topological polar surface area (TPSA) is 122 Å². The highest BCUT2D eigenvalue weighted by molar-refractivity contribution is 8.01. The van der Waals surface area contributed by atoms with E-state index in [1.165, 1.54) is 0 Å². The van der Waals surface area contributed by atoms with Gasteiger partial charge in [0.2, 0.25) is 0 Å². The molecule has 0 atom stereocenters. The van der Waals surface area contributed by atoms with Crippen molar-refractivity contribution >= 4 is 52.0 Å². The second-order valence-electron chi connectivity index (χ2n) is 5.91. The van der Waals surface area contributed by atoms with Gasteiger partial charge >= 0.3 is 19.3 Å². The number of rotatable bonds is 12. The van der Waals surface area contributed by atoms with Gasteiger partial charge in [0.15, 0.2) is 13.6 Å². The molecule has 9 nitrogen and oxygen atoms in total. The van der Waals surface area contributed by atoms with E-state index >= 15 is 0 Å². The van der Waals surface area contributed by atoms with E-state index in [2.05, 4.69) is 17.4 Å². The molecule has 0 aliphatic carbocycles. The zero-order valence-electron chi connectivity index (χ0n) is 17.1. The van der Waals surface area contributed by atoms with E-state index in [9.17, 15) is 47.7 Å². The van der Waals surface area contributed by atoms with Crippen LogP contribution in [0.5, 0.6) is 0 Å². The van der Waals surface area contributed by atoms with Crippen molar-refractivity contribution in [1.29, 1.82) is 0 Å². The molecule has 36 heavy (non-hydrogen) atoms. The summed E-state index contributed by atoms with van der Waals surface area (Å²) < 4.78 is 154. The summed E-state index contributed by atoms with van der Waals surface area (Å²) in [6.07, 6.45) is 0. The van der Waals surface area contributed by atoms with Crippen LogP contribution in [0.15, 0.2) is 68.1 Å². The molecule has 0 N–H and O–H groups in total. The number of hydrogen-bond donors (Lipinski definition) is 0. The summed E-state index contributed by atoms with van der Waals surface area (Å²) >= 11 is -1.42. The van der Waals surface area contributed by atoms with Gasteiger partial charge in [0.1, 0.15) is 9.79 Å². The van der Waals surface area contributed by atoms with Gasteiger partial charge in [-0.15, -0.1) is 0 Å². The van der Waals surface area contributed by atoms with E-state index in [0.29, 0.717) is 0 Å². The third kappa shape index (κ3) is 10.2. The van der Waals surface area contributed by atoms with E-state index in [-0.39, 0.29) is 0 Å². The van der Waals surface area contributed by atoms with Crippen LogP contribution in [0.25, 0.3) is 0 Å². The summed E-state index contributed by atoms with van der Waals surface area (Å²) in [7, 11) is -13.3. The van der Waals surface area contributed by atoms with Crippen LogP contribution in [0.2, 0.25) is 0 Å². The van der Waals surface area contributed by atoms with Gasteiger partial charge in [-0.05, 0) is 47.8 Å². The van der Waals surface area contributed by atoms with E-state index in [1.54, 1.807) is 0 Å². The monoisotopic (exact) mass is 622 g/mol. The predicted molar refractivity (Wildman–Crippen MR) is 114 cm³/mol. The van der Waals surface area contributed by atoms with Gasteiger partial charge in [0, 0.05) is 9.79 Å². The molecule has 0 amide bonds. The number of halogens is 6. The SMILES string of the molecule is O=[PH](OCOS(=O)(=O)c1ccccc1SC(F)(F)F)OCOS(=O)(=O)c1ccccc1SC(F)(F)F. The lowest BCUT2D eigenvalue weighted by atomic mass is 10.4. The smallest absolute Gasteiger partial charge is 0.282 e. The largest absolute Gasteiger partial charge is 0.446 e. The Labute approximate surface area is 209 Å². The molecule has 202 valence electrons. The lowest BCUT2D eigenvalue weighted by Crippen LogP contribution is -2.12. The Morgan fingerprint density at radius 2 is 1.00 bits per heavy atom. The summed E-state index contributed by atoms with van der Waals surface area (Å²) in [6, 6.07) is 8.00. The van der Waals surface area contributed by atoms with Crippen LogP contribution in [0.1, 0.15) is 0 Å². The van der Waals surface area contributed by atoms with Crippen molar-refractivity contribution in [3.63, 3.8) is 0 Å². The predicted octanol–water partition coefficient (Wildman–Crippen LogP) is 5.36. The molecule has 0 saturated heterocycles. The van der Waals surface area contributed by atoms with Crippen LogP contribution >= 0.6 is 31.8 Å². The fraction of sp³-hybridized carbons (Fsp3) is 0.250. The Bertz CT molecular complexity index is 1190. The van der Waals surface area contributed by atoms with Gasteiger partial charge in [0.05, 0.1) is 0 Å². The number of benzene rings is 2. The normalized spacial score (nSPS) is 13.3. The molecule has 0 aliphatic heterocycles. The molecular formula is C16H13F6O9PS4. The molecule has 0 heterocycles. The van der Waals surface area contributed by atoms with E-state index in [1.807, 2.05) is 0 Å². The highest BCUT2D eigenvalue weighted by Crippen LogP contribution is 2.41. The standard InChI is InChI=1S/C16H13F6O9PS4/c17-15(18,19)33-11-5-1-3-7-13(11)35(24,25)30-9-28-32(23)29-10-31-36(26,27)14-8-4-2-6-12(14)34-16(20,21)22/h1-8,32H,9-10H2. The fourth-order valence-electron chi connectivity index (χ4n) is 2.17. The summed E-state index contributed by atoms with van der Waals surface area (Å²) in [5, 5.41) is 0. The summed E-state index contributed by atoms with van der Waals surface area (Å²) in [5.74, 6) is 0. The Hall–Kier alpha value is -1.31. The van der Waals surface area contributed by atoms with Gasteiger partial charge in [-0.1, -0.05) is 24.3 Å². The van der Waals surface area contributed by atoms with E-state index < -0.39 is 96.2 Å². The minimum Gasteiger partial charge on any atom is -0.282 e. The molecule has 2 rings (SSSR count). The Balaban J connectivity index is 1.91. The molecule has 0 aliphatic rings. The second-order valence-corrected chi connectivity index (χ2v) is 12.4. The van der Waals surface area contributed by atoms with Crippen LogP contribution in [-0.4, -0.2) is 41.4 Å². The minimum absolute atomic E-state index is 0.698. The molecule has 0 fully saturated rings. The molecule has 0 aromatic heterocycles. The molecule has 2 aromatic carbocycles. The maximum Gasteiger partial charge on any atom is 0.446 e. The molecule has 0 bridgehead atoms. The maximum atomic E-state index is 12.6. The van der Waals surface area contributed by atoms with Gasteiger partial charge in [-0.3, -0.25) is 13.6 Å². The average Bonchev–Trinajstić information content (AvgIpc) is 2.71. The Morgan fingerprint density at radius 1 is 0.667 bits per heavy atom. The molecule has 0 spiro atoms. The third-order valence-electron chi connectivity index (χ3n) is 3.45. The first-order chi connectivity index (χ1) is 16.5. The van der Waals surface area contributed by atoms with Crippen LogP contribution < -0.4 is 0 Å².